The Morgan fingerprint density at radius 3 is 2.95 bits per heavy atom. The number of nitrogens with one attached hydrogen (secondary N) is 1. The normalized spacial score (nSPS) is 12.3. The van der Waals surface area contributed by atoms with Crippen LogP contribution < -0.4 is 10.1 Å². The number of phenolic OH excluding ortho intramolecular Hbond substituents is 1. The lowest BCUT2D eigenvalue weighted by Gasteiger charge is -2.15. The fourth-order valence-corrected chi connectivity index (χ4v) is 1.83. The number of nitrogens with zero attached hydrogens (tertiary/aromatic N) is 2. The van der Waals surface area contributed by atoms with E-state index in [1.54, 1.807) is 13.2 Å². The third kappa shape index (κ3) is 3.45. The van der Waals surface area contributed by atoms with E-state index in [2.05, 4.69) is 20.0 Å². The standard InChI is InChI=1S/C13H17N3O3/c1-9(14-6-5-13-15-8-19-16-13)11-4-3-10(18-2)7-12(11)17/h3-4,7-9,14,17H,5-6H2,1-2H3. The number of hydrogen-bond acceptors (Lipinski definition) is 6. The molecule has 6 heteroatoms. The molecule has 0 bridgehead atoms. The fourth-order valence-electron chi connectivity index (χ4n) is 1.83. The molecule has 0 amide bonds. The zero-order valence-corrected chi connectivity index (χ0v) is 11.0. The SMILES string of the molecule is COc1ccc(C(C)NCCc2ncon2)c(O)c1. The van der Waals surface area contributed by atoms with E-state index in [4.69, 9.17) is 4.74 Å². The summed E-state index contributed by atoms with van der Waals surface area (Å²) in [5, 5.41) is 16.9. The topological polar surface area (TPSA) is 80.4 Å². The number of benzene rings is 1. The van der Waals surface area contributed by atoms with Crippen molar-refractivity contribution >= 4 is 0 Å². The highest BCUT2D eigenvalue weighted by molar-refractivity contribution is 5.41. The molecule has 1 aromatic heterocycles. The Morgan fingerprint density at radius 1 is 1.47 bits per heavy atom. The first-order chi connectivity index (χ1) is 9.20. The van der Waals surface area contributed by atoms with E-state index in [1.807, 2.05) is 19.1 Å². The number of hydrogen-bond donors (Lipinski definition) is 2. The van der Waals surface area contributed by atoms with Crippen LogP contribution in [0, 0.1) is 0 Å². The zero-order valence-electron chi connectivity index (χ0n) is 11.0. The maximum Gasteiger partial charge on any atom is 0.213 e. The van der Waals surface area contributed by atoms with Gasteiger partial charge in [-0.15, -0.1) is 0 Å². The van der Waals surface area contributed by atoms with E-state index in [0.29, 0.717) is 24.5 Å². The fraction of sp³-hybridized carbons (Fsp3) is 0.385. The second-order valence-electron chi connectivity index (χ2n) is 4.20. The highest BCUT2D eigenvalue weighted by atomic mass is 16.5. The molecular weight excluding hydrogens is 246 g/mol. The Balaban J connectivity index is 1.90. The Morgan fingerprint density at radius 2 is 2.32 bits per heavy atom. The van der Waals surface area contributed by atoms with Gasteiger partial charge in [-0.25, -0.2) is 0 Å². The Hall–Kier alpha value is -2.08. The van der Waals surface area contributed by atoms with Crippen molar-refractivity contribution in [2.24, 2.45) is 0 Å². The van der Waals surface area contributed by atoms with Crippen molar-refractivity contribution in [2.45, 2.75) is 19.4 Å². The lowest BCUT2D eigenvalue weighted by molar-refractivity contribution is 0.402. The Kier molecular flexibility index (Phi) is 4.35. The van der Waals surface area contributed by atoms with Crippen LogP contribution in [0.4, 0.5) is 0 Å². The van der Waals surface area contributed by atoms with Gasteiger partial charge in [0.05, 0.1) is 7.11 Å². The second kappa shape index (κ2) is 6.19. The minimum atomic E-state index is 0.0257. The highest BCUT2D eigenvalue weighted by Gasteiger charge is 2.11. The van der Waals surface area contributed by atoms with Gasteiger partial charge in [-0.05, 0) is 13.0 Å². The molecule has 6 nitrogen and oxygen atoms in total. The Bertz CT molecular complexity index is 514. The van der Waals surface area contributed by atoms with Crippen LogP contribution in [0.3, 0.4) is 0 Å². The van der Waals surface area contributed by atoms with Crippen molar-refractivity contribution in [3.63, 3.8) is 0 Å². The lowest BCUT2D eigenvalue weighted by atomic mass is 10.1. The molecule has 1 aromatic carbocycles. The molecule has 0 aliphatic carbocycles. The summed E-state index contributed by atoms with van der Waals surface area (Å²) in [6.07, 6.45) is 1.99. The first-order valence-corrected chi connectivity index (χ1v) is 6.06. The molecule has 2 rings (SSSR count). The van der Waals surface area contributed by atoms with Gasteiger partial charge >= 0.3 is 0 Å². The average molecular weight is 263 g/mol. The van der Waals surface area contributed by atoms with Gasteiger partial charge in [0.25, 0.3) is 0 Å². The van der Waals surface area contributed by atoms with Crippen LogP contribution in [-0.4, -0.2) is 28.9 Å². The summed E-state index contributed by atoms with van der Waals surface area (Å²) in [5.41, 5.74) is 0.828. The summed E-state index contributed by atoms with van der Waals surface area (Å²) in [5.74, 6) is 1.53. The third-order valence-corrected chi connectivity index (χ3v) is 2.91. The van der Waals surface area contributed by atoms with Crippen LogP contribution in [0.25, 0.3) is 0 Å². The number of aromatic hydroxyl groups is 1. The molecule has 1 heterocycles. The van der Waals surface area contributed by atoms with Crippen molar-refractivity contribution in [3.8, 4) is 11.5 Å². The summed E-state index contributed by atoms with van der Waals surface area (Å²) >= 11 is 0. The smallest absolute Gasteiger partial charge is 0.213 e. The van der Waals surface area contributed by atoms with E-state index in [1.165, 1.54) is 6.39 Å². The summed E-state index contributed by atoms with van der Waals surface area (Å²) in [7, 11) is 1.57. The summed E-state index contributed by atoms with van der Waals surface area (Å²) in [6, 6.07) is 5.30. The molecule has 1 atom stereocenters. The largest absolute Gasteiger partial charge is 0.507 e. The zero-order chi connectivity index (χ0) is 13.7. The van der Waals surface area contributed by atoms with Gasteiger partial charge < -0.3 is 19.7 Å². The average Bonchev–Trinajstić information content (AvgIpc) is 2.91. The number of methoxy groups -OCH3 is 1. The van der Waals surface area contributed by atoms with E-state index in [0.717, 1.165) is 5.56 Å². The number of aromatic nitrogens is 2. The molecule has 2 N–H and O–H groups in total. The number of phenols is 1. The number of rotatable bonds is 6. The van der Waals surface area contributed by atoms with E-state index < -0.39 is 0 Å². The molecular formula is C13H17N3O3. The molecule has 102 valence electrons. The molecule has 0 saturated carbocycles. The molecule has 0 aliphatic heterocycles. The van der Waals surface area contributed by atoms with Crippen LogP contribution in [-0.2, 0) is 6.42 Å². The minimum Gasteiger partial charge on any atom is -0.507 e. The van der Waals surface area contributed by atoms with Crippen molar-refractivity contribution in [1.29, 1.82) is 0 Å². The van der Waals surface area contributed by atoms with Gasteiger partial charge in [0, 0.05) is 30.6 Å². The quantitative estimate of drug-likeness (QED) is 0.825. The summed E-state index contributed by atoms with van der Waals surface area (Å²) in [4.78, 5) is 3.94. The molecule has 0 fully saturated rings. The third-order valence-electron chi connectivity index (χ3n) is 2.91. The van der Waals surface area contributed by atoms with Gasteiger partial charge in [0.15, 0.2) is 5.82 Å². The van der Waals surface area contributed by atoms with Gasteiger partial charge in [-0.2, -0.15) is 4.98 Å². The maximum absolute atomic E-state index is 9.92. The predicted molar refractivity (Wildman–Crippen MR) is 69.1 cm³/mol. The predicted octanol–water partition coefficient (Wildman–Crippen LogP) is 1.68. The molecule has 0 spiro atoms. The van der Waals surface area contributed by atoms with Crippen molar-refractivity contribution in [1.82, 2.24) is 15.5 Å². The van der Waals surface area contributed by atoms with Crippen LogP contribution >= 0.6 is 0 Å². The van der Waals surface area contributed by atoms with Crippen LogP contribution in [0.1, 0.15) is 24.4 Å². The van der Waals surface area contributed by atoms with E-state index in [9.17, 15) is 5.11 Å². The van der Waals surface area contributed by atoms with Crippen molar-refractivity contribution in [2.75, 3.05) is 13.7 Å². The van der Waals surface area contributed by atoms with Crippen LogP contribution in [0.5, 0.6) is 11.5 Å². The van der Waals surface area contributed by atoms with Gasteiger partial charge in [-0.3, -0.25) is 0 Å². The van der Waals surface area contributed by atoms with Crippen LogP contribution in [0.15, 0.2) is 29.1 Å². The maximum atomic E-state index is 9.92. The van der Waals surface area contributed by atoms with E-state index >= 15 is 0 Å². The highest BCUT2D eigenvalue weighted by Crippen LogP contribution is 2.28. The molecule has 1 unspecified atom stereocenters. The second-order valence-corrected chi connectivity index (χ2v) is 4.20. The van der Waals surface area contributed by atoms with Gasteiger partial charge in [0.2, 0.25) is 6.39 Å². The first-order valence-electron chi connectivity index (χ1n) is 6.06. The molecule has 0 radical (unpaired) electrons. The number of ether oxygens (including phenoxy) is 1. The molecule has 19 heavy (non-hydrogen) atoms. The molecule has 0 saturated heterocycles. The van der Waals surface area contributed by atoms with E-state index in [-0.39, 0.29) is 11.8 Å². The summed E-state index contributed by atoms with van der Waals surface area (Å²) in [6.45, 7) is 2.68. The van der Waals surface area contributed by atoms with Crippen molar-refractivity contribution < 1.29 is 14.4 Å². The Labute approximate surface area is 111 Å². The first kappa shape index (κ1) is 13.4. The lowest BCUT2D eigenvalue weighted by Crippen LogP contribution is -2.21. The molecule has 2 aromatic rings. The van der Waals surface area contributed by atoms with Crippen LogP contribution in [0.2, 0.25) is 0 Å². The molecule has 0 aliphatic rings. The monoisotopic (exact) mass is 263 g/mol. The van der Waals surface area contributed by atoms with Crippen molar-refractivity contribution in [3.05, 3.63) is 36.0 Å². The van der Waals surface area contributed by atoms with Gasteiger partial charge in [0.1, 0.15) is 11.5 Å². The van der Waals surface area contributed by atoms with Gasteiger partial charge in [-0.1, -0.05) is 11.2 Å². The summed E-state index contributed by atoms with van der Waals surface area (Å²) < 4.78 is 9.71. The minimum absolute atomic E-state index is 0.0257.